The summed E-state index contributed by atoms with van der Waals surface area (Å²) in [5, 5.41) is 6.71. The highest BCUT2D eigenvalue weighted by molar-refractivity contribution is 5.86. The van der Waals surface area contributed by atoms with E-state index in [2.05, 4.69) is 47.9 Å². The van der Waals surface area contributed by atoms with Gasteiger partial charge in [0.15, 0.2) is 0 Å². The van der Waals surface area contributed by atoms with E-state index in [0.717, 1.165) is 32.2 Å². The Morgan fingerprint density at radius 3 is 2.43 bits per heavy atom. The van der Waals surface area contributed by atoms with Gasteiger partial charge in [-0.25, -0.2) is 0 Å². The molecule has 128 valence electrons. The molecular formula is C19H29ClN2O. The smallest absolute Gasteiger partial charge is 0.240 e. The second-order valence-electron chi connectivity index (χ2n) is 7.15. The molecule has 1 saturated carbocycles. The first-order chi connectivity index (χ1) is 10.7. The third-order valence-electron chi connectivity index (χ3n) is 5.45. The summed E-state index contributed by atoms with van der Waals surface area (Å²) in [4.78, 5) is 12.6. The normalized spacial score (nSPS) is 31.0. The van der Waals surface area contributed by atoms with Crippen LogP contribution in [0, 0.1) is 0 Å². The number of carbonyl (C=O) groups is 1. The molecule has 3 rings (SSSR count). The van der Waals surface area contributed by atoms with Crippen molar-refractivity contribution in [1.82, 2.24) is 10.6 Å². The Labute approximate surface area is 146 Å². The number of halogens is 1. The summed E-state index contributed by atoms with van der Waals surface area (Å²) in [5.74, 6) is 0.869. The quantitative estimate of drug-likeness (QED) is 0.881. The molecule has 1 atom stereocenters. The fraction of sp³-hybridized carbons (Fsp3) is 0.632. The zero-order valence-corrected chi connectivity index (χ0v) is 14.8. The van der Waals surface area contributed by atoms with E-state index < -0.39 is 0 Å². The van der Waals surface area contributed by atoms with Crippen molar-refractivity contribution in [2.45, 2.75) is 69.4 Å². The van der Waals surface area contributed by atoms with Gasteiger partial charge in [-0.3, -0.25) is 4.79 Å². The fourth-order valence-corrected chi connectivity index (χ4v) is 3.89. The molecule has 1 amide bonds. The summed E-state index contributed by atoms with van der Waals surface area (Å²) in [6.45, 7) is 3.02. The number of rotatable bonds is 3. The van der Waals surface area contributed by atoms with Crippen LogP contribution in [0.15, 0.2) is 30.3 Å². The van der Waals surface area contributed by atoms with Crippen molar-refractivity contribution >= 4 is 18.3 Å². The lowest BCUT2D eigenvalue weighted by Gasteiger charge is -2.36. The predicted octanol–water partition coefficient (Wildman–Crippen LogP) is 3.78. The minimum atomic E-state index is -0.353. The Hall–Kier alpha value is -1.06. The maximum absolute atomic E-state index is 12.6. The summed E-state index contributed by atoms with van der Waals surface area (Å²) in [5.41, 5.74) is 1.10. The first-order valence-electron chi connectivity index (χ1n) is 8.78. The van der Waals surface area contributed by atoms with Gasteiger partial charge in [-0.05, 0) is 69.9 Å². The number of hydrogen-bond donors (Lipinski definition) is 2. The molecule has 1 aromatic carbocycles. The summed E-state index contributed by atoms with van der Waals surface area (Å²) in [6.07, 6.45) is 7.85. The average molecular weight is 337 g/mol. The maximum Gasteiger partial charge on any atom is 0.240 e. The molecule has 0 spiro atoms. The number of amides is 1. The standard InChI is InChI=1S/C19H28N2O.ClH/c1-19(13-5-6-14-20-19)18(22)21-17-11-9-16(10-12-17)15-7-3-2-4-8-15;/h2-4,7-8,16-17,20H,5-6,9-14H2,1H3,(H,21,22);1H. The molecule has 3 nitrogen and oxygen atoms in total. The molecular weight excluding hydrogens is 308 g/mol. The molecule has 1 aliphatic heterocycles. The maximum atomic E-state index is 12.6. The summed E-state index contributed by atoms with van der Waals surface area (Å²) >= 11 is 0. The van der Waals surface area contributed by atoms with Gasteiger partial charge in [-0.2, -0.15) is 0 Å². The van der Waals surface area contributed by atoms with E-state index in [1.807, 2.05) is 0 Å². The van der Waals surface area contributed by atoms with E-state index in [0.29, 0.717) is 12.0 Å². The lowest BCUT2D eigenvalue weighted by molar-refractivity contribution is -0.128. The molecule has 23 heavy (non-hydrogen) atoms. The number of benzene rings is 1. The molecule has 0 radical (unpaired) electrons. The van der Waals surface area contributed by atoms with Crippen molar-refractivity contribution in [3.63, 3.8) is 0 Å². The highest BCUT2D eigenvalue weighted by Crippen LogP contribution is 2.33. The van der Waals surface area contributed by atoms with Crippen molar-refractivity contribution in [2.75, 3.05) is 6.54 Å². The van der Waals surface area contributed by atoms with Crippen LogP contribution in [-0.2, 0) is 4.79 Å². The lowest BCUT2D eigenvalue weighted by Crippen LogP contribution is -2.58. The lowest BCUT2D eigenvalue weighted by atomic mass is 9.81. The summed E-state index contributed by atoms with van der Waals surface area (Å²) in [6, 6.07) is 11.1. The molecule has 1 aromatic rings. The van der Waals surface area contributed by atoms with Crippen LogP contribution < -0.4 is 10.6 Å². The van der Waals surface area contributed by atoms with E-state index in [1.54, 1.807) is 0 Å². The van der Waals surface area contributed by atoms with E-state index in [9.17, 15) is 4.79 Å². The average Bonchev–Trinajstić information content (AvgIpc) is 2.57. The van der Waals surface area contributed by atoms with Crippen LogP contribution in [0.4, 0.5) is 0 Å². The molecule has 2 fully saturated rings. The number of hydrogen-bond acceptors (Lipinski definition) is 2. The van der Waals surface area contributed by atoms with Gasteiger partial charge < -0.3 is 10.6 Å². The van der Waals surface area contributed by atoms with Crippen molar-refractivity contribution in [3.8, 4) is 0 Å². The minimum Gasteiger partial charge on any atom is -0.352 e. The number of piperidine rings is 1. The van der Waals surface area contributed by atoms with Gasteiger partial charge in [0.2, 0.25) is 5.91 Å². The third-order valence-corrected chi connectivity index (χ3v) is 5.45. The molecule has 2 N–H and O–H groups in total. The zero-order valence-electron chi connectivity index (χ0n) is 14.0. The Morgan fingerprint density at radius 2 is 1.83 bits per heavy atom. The molecule has 2 aliphatic rings. The molecule has 1 heterocycles. The van der Waals surface area contributed by atoms with Gasteiger partial charge in [-0.15, -0.1) is 12.4 Å². The zero-order chi connectivity index (χ0) is 15.4. The van der Waals surface area contributed by atoms with Crippen LogP contribution in [0.5, 0.6) is 0 Å². The van der Waals surface area contributed by atoms with Crippen LogP contribution in [0.3, 0.4) is 0 Å². The SMILES string of the molecule is CC1(C(=O)NC2CCC(c3ccccc3)CC2)CCCCN1.Cl. The summed E-state index contributed by atoms with van der Waals surface area (Å²) < 4.78 is 0. The van der Waals surface area contributed by atoms with E-state index in [-0.39, 0.29) is 23.9 Å². The van der Waals surface area contributed by atoms with Crippen molar-refractivity contribution in [3.05, 3.63) is 35.9 Å². The minimum absolute atomic E-state index is 0. The van der Waals surface area contributed by atoms with Crippen molar-refractivity contribution < 1.29 is 4.79 Å². The van der Waals surface area contributed by atoms with E-state index in [4.69, 9.17) is 0 Å². The Morgan fingerprint density at radius 1 is 1.13 bits per heavy atom. The Bertz CT molecular complexity index is 491. The second kappa shape index (κ2) is 8.16. The number of nitrogens with one attached hydrogen (secondary N) is 2. The van der Waals surface area contributed by atoms with Gasteiger partial charge >= 0.3 is 0 Å². The second-order valence-corrected chi connectivity index (χ2v) is 7.15. The van der Waals surface area contributed by atoms with Crippen LogP contribution >= 0.6 is 12.4 Å². The molecule has 1 aliphatic carbocycles. The van der Waals surface area contributed by atoms with Crippen LogP contribution in [0.2, 0.25) is 0 Å². The Balaban J connectivity index is 0.00000192. The molecule has 4 heteroatoms. The van der Waals surface area contributed by atoms with E-state index >= 15 is 0 Å². The van der Waals surface area contributed by atoms with Crippen LogP contribution in [-0.4, -0.2) is 24.0 Å². The van der Waals surface area contributed by atoms with Crippen LogP contribution in [0.25, 0.3) is 0 Å². The number of carbonyl (C=O) groups excluding carboxylic acids is 1. The molecule has 1 unspecified atom stereocenters. The third kappa shape index (κ3) is 4.48. The van der Waals surface area contributed by atoms with Crippen molar-refractivity contribution in [2.24, 2.45) is 0 Å². The molecule has 1 saturated heterocycles. The monoisotopic (exact) mass is 336 g/mol. The highest BCUT2D eigenvalue weighted by Gasteiger charge is 2.35. The first kappa shape index (κ1) is 18.3. The topological polar surface area (TPSA) is 41.1 Å². The van der Waals surface area contributed by atoms with Gasteiger partial charge in [0.05, 0.1) is 5.54 Å². The van der Waals surface area contributed by atoms with Gasteiger partial charge in [0, 0.05) is 6.04 Å². The van der Waals surface area contributed by atoms with Crippen molar-refractivity contribution in [1.29, 1.82) is 0 Å². The summed E-state index contributed by atoms with van der Waals surface area (Å²) in [7, 11) is 0. The largest absolute Gasteiger partial charge is 0.352 e. The Kier molecular flexibility index (Phi) is 6.49. The molecule has 0 bridgehead atoms. The first-order valence-corrected chi connectivity index (χ1v) is 8.78. The fourth-order valence-electron chi connectivity index (χ4n) is 3.89. The van der Waals surface area contributed by atoms with E-state index in [1.165, 1.54) is 24.8 Å². The predicted molar refractivity (Wildman–Crippen MR) is 97.1 cm³/mol. The van der Waals surface area contributed by atoms with Gasteiger partial charge in [0.1, 0.15) is 0 Å². The van der Waals surface area contributed by atoms with Gasteiger partial charge in [-0.1, -0.05) is 30.3 Å². The highest BCUT2D eigenvalue weighted by atomic mass is 35.5. The van der Waals surface area contributed by atoms with Crippen LogP contribution in [0.1, 0.15) is 63.4 Å². The molecule has 0 aromatic heterocycles. The van der Waals surface area contributed by atoms with Gasteiger partial charge in [0.25, 0.3) is 0 Å².